The van der Waals surface area contributed by atoms with E-state index in [-0.39, 0.29) is 30.5 Å². The number of hydrogen-bond acceptors (Lipinski definition) is 6. The van der Waals surface area contributed by atoms with E-state index in [2.05, 4.69) is 15.5 Å². The number of amides is 2. The smallest absolute Gasteiger partial charge is 0.276 e. The van der Waals surface area contributed by atoms with Gasteiger partial charge in [-0.25, -0.2) is 0 Å². The van der Waals surface area contributed by atoms with Crippen LogP contribution in [0.5, 0.6) is 0 Å². The molecule has 2 amide bonds. The first-order valence-corrected chi connectivity index (χ1v) is 9.63. The summed E-state index contributed by atoms with van der Waals surface area (Å²) in [4.78, 5) is 30.7. The number of methoxy groups -OCH3 is 1. The highest BCUT2D eigenvalue weighted by atomic mass is 16.5. The van der Waals surface area contributed by atoms with E-state index in [1.807, 2.05) is 42.5 Å². The zero-order chi connectivity index (χ0) is 21.2. The molecule has 30 heavy (non-hydrogen) atoms. The van der Waals surface area contributed by atoms with Gasteiger partial charge in [-0.1, -0.05) is 41.6 Å². The number of nitrogens with one attached hydrogen (secondary N) is 1. The first-order chi connectivity index (χ1) is 14.7. The predicted molar refractivity (Wildman–Crippen MR) is 110 cm³/mol. The van der Waals surface area contributed by atoms with E-state index in [0.29, 0.717) is 25.5 Å². The maximum Gasteiger partial charge on any atom is 0.276 e. The van der Waals surface area contributed by atoms with Crippen molar-refractivity contribution in [3.8, 4) is 11.3 Å². The number of hydrogen-bond donors (Lipinski definition) is 1. The fourth-order valence-electron chi connectivity index (χ4n) is 2.82. The second-order valence-electron chi connectivity index (χ2n) is 6.62. The molecule has 156 valence electrons. The van der Waals surface area contributed by atoms with Crippen LogP contribution in [0, 0.1) is 0 Å². The monoisotopic (exact) mass is 408 g/mol. The molecule has 1 aromatic carbocycles. The number of aromatic nitrogens is 2. The lowest BCUT2D eigenvalue weighted by molar-refractivity contribution is -0.121. The number of nitrogens with zero attached hydrogens (tertiary/aromatic N) is 3. The highest BCUT2D eigenvalue weighted by Gasteiger charge is 2.21. The SMILES string of the molecule is COCCN(CCC(=O)NCc1cccnc1)C(=O)c1cc(-c2ccccc2)on1. The number of rotatable bonds is 10. The van der Waals surface area contributed by atoms with Crippen molar-refractivity contribution in [3.05, 3.63) is 72.2 Å². The minimum atomic E-state index is -0.307. The number of carbonyl (C=O) groups excluding carboxylic acids is 2. The van der Waals surface area contributed by atoms with Gasteiger partial charge < -0.3 is 19.5 Å². The molecule has 8 nitrogen and oxygen atoms in total. The van der Waals surface area contributed by atoms with Crippen molar-refractivity contribution in [2.75, 3.05) is 26.8 Å². The molecule has 2 heterocycles. The molecule has 3 aromatic rings. The zero-order valence-corrected chi connectivity index (χ0v) is 16.8. The Morgan fingerprint density at radius 2 is 1.97 bits per heavy atom. The number of benzene rings is 1. The van der Waals surface area contributed by atoms with Gasteiger partial charge in [0.15, 0.2) is 11.5 Å². The molecule has 0 bridgehead atoms. The quantitative estimate of drug-likeness (QED) is 0.554. The summed E-state index contributed by atoms with van der Waals surface area (Å²) in [7, 11) is 1.56. The second kappa shape index (κ2) is 10.9. The highest BCUT2D eigenvalue weighted by Crippen LogP contribution is 2.20. The highest BCUT2D eigenvalue weighted by molar-refractivity contribution is 5.93. The minimum absolute atomic E-state index is 0.154. The van der Waals surface area contributed by atoms with Crippen molar-refractivity contribution in [1.82, 2.24) is 20.4 Å². The van der Waals surface area contributed by atoms with Crippen LogP contribution in [-0.4, -0.2) is 53.7 Å². The fraction of sp³-hybridized carbons (Fsp3) is 0.273. The normalized spacial score (nSPS) is 10.6. The number of carbonyl (C=O) groups is 2. The molecule has 0 radical (unpaired) electrons. The van der Waals surface area contributed by atoms with E-state index in [1.54, 1.807) is 30.5 Å². The third kappa shape index (κ3) is 5.99. The maximum atomic E-state index is 12.9. The van der Waals surface area contributed by atoms with E-state index in [1.165, 1.54) is 0 Å². The molecule has 0 atom stereocenters. The van der Waals surface area contributed by atoms with Crippen LogP contribution in [-0.2, 0) is 16.1 Å². The van der Waals surface area contributed by atoms with Gasteiger partial charge in [0.25, 0.3) is 5.91 Å². The van der Waals surface area contributed by atoms with Crippen molar-refractivity contribution in [2.45, 2.75) is 13.0 Å². The topological polar surface area (TPSA) is 97.6 Å². The van der Waals surface area contributed by atoms with Gasteiger partial charge in [-0.15, -0.1) is 0 Å². The van der Waals surface area contributed by atoms with E-state index in [9.17, 15) is 9.59 Å². The predicted octanol–water partition coefficient (Wildman–Crippen LogP) is 2.53. The van der Waals surface area contributed by atoms with Crippen molar-refractivity contribution < 1.29 is 18.8 Å². The van der Waals surface area contributed by atoms with Crippen molar-refractivity contribution in [2.24, 2.45) is 0 Å². The average Bonchev–Trinajstić information content (AvgIpc) is 3.29. The summed E-state index contributed by atoms with van der Waals surface area (Å²) in [5.74, 6) is 0.0529. The van der Waals surface area contributed by atoms with Crippen molar-refractivity contribution in [3.63, 3.8) is 0 Å². The molecular weight excluding hydrogens is 384 g/mol. The molecule has 0 spiro atoms. The molecule has 8 heteroatoms. The standard InChI is InChI=1S/C22H24N4O4/c1-29-13-12-26(11-9-21(27)24-16-17-6-5-10-23-15-17)22(28)19-14-20(30-25-19)18-7-3-2-4-8-18/h2-8,10,14-15H,9,11-13,16H2,1H3,(H,24,27). The molecule has 3 rings (SSSR count). The van der Waals surface area contributed by atoms with E-state index in [0.717, 1.165) is 11.1 Å². The molecule has 0 saturated heterocycles. The van der Waals surface area contributed by atoms with Crippen LogP contribution in [0.25, 0.3) is 11.3 Å². The largest absolute Gasteiger partial charge is 0.383 e. The molecule has 0 aliphatic heterocycles. The lowest BCUT2D eigenvalue weighted by atomic mass is 10.1. The van der Waals surface area contributed by atoms with Gasteiger partial charge in [0.1, 0.15) is 0 Å². The molecule has 0 saturated carbocycles. The van der Waals surface area contributed by atoms with Crippen LogP contribution in [0.1, 0.15) is 22.5 Å². The molecular formula is C22H24N4O4. The average molecular weight is 408 g/mol. The summed E-state index contributed by atoms with van der Waals surface area (Å²) in [5, 5.41) is 6.74. The summed E-state index contributed by atoms with van der Waals surface area (Å²) in [6, 6.07) is 14.7. The van der Waals surface area contributed by atoms with Crippen molar-refractivity contribution in [1.29, 1.82) is 0 Å². The molecule has 0 aliphatic rings. The third-order valence-electron chi connectivity index (χ3n) is 4.46. The van der Waals surface area contributed by atoms with Gasteiger partial charge in [0.2, 0.25) is 5.91 Å². The van der Waals surface area contributed by atoms with Gasteiger partial charge in [0.05, 0.1) is 6.61 Å². The minimum Gasteiger partial charge on any atom is -0.383 e. The Morgan fingerprint density at radius 1 is 1.13 bits per heavy atom. The summed E-state index contributed by atoms with van der Waals surface area (Å²) in [6.45, 7) is 1.34. The third-order valence-corrected chi connectivity index (χ3v) is 4.46. The van der Waals surface area contributed by atoms with E-state index in [4.69, 9.17) is 9.26 Å². The second-order valence-corrected chi connectivity index (χ2v) is 6.62. The van der Waals surface area contributed by atoms with E-state index >= 15 is 0 Å². The summed E-state index contributed by atoms with van der Waals surface area (Å²) < 4.78 is 10.4. The first-order valence-electron chi connectivity index (χ1n) is 9.63. The van der Waals surface area contributed by atoms with Gasteiger partial charge in [-0.05, 0) is 11.6 Å². The molecule has 0 unspecified atom stereocenters. The lowest BCUT2D eigenvalue weighted by Crippen LogP contribution is -2.37. The van der Waals surface area contributed by atoms with Crippen LogP contribution < -0.4 is 5.32 Å². The van der Waals surface area contributed by atoms with Gasteiger partial charge in [-0.2, -0.15) is 0 Å². The van der Waals surface area contributed by atoms with E-state index < -0.39 is 0 Å². The number of ether oxygens (including phenoxy) is 1. The molecule has 1 N–H and O–H groups in total. The van der Waals surface area contributed by atoms with Gasteiger partial charge in [-0.3, -0.25) is 14.6 Å². The molecule has 2 aromatic heterocycles. The zero-order valence-electron chi connectivity index (χ0n) is 16.8. The van der Waals surface area contributed by atoms with Crippen LogP contribution >= 0.6 is 0 Å². The first kappa shape index (κ1) is 21.2. The van der Waals surface area contributed by atoms with Crippen molar-refractivity contribution >= 4 is 11.8 Å². The maximum absolute atomic E-state index is 12.9. The molecule has 0 fully saturated rings. The van der Waals surface area contributed by atoms with Gasteiger partial charge in [0, 0.05) is 57.2 Å². The van der Waals surface area contributed by atoms with Crippen LogP contribution in [0.15, 0.2) is 65.4 Å². The lowest BCUT2D eigenvalue weighted by Gasteiger charge is -2.21. The van der Waals surface area contributed by atoms with Crippen LogP contribution in [0.3, 0.4) is 0 Å². The van der Waals surface area contributed by atoms with Crippen LogP contribution in [0.2, 0.25) is 0 Å². The summed E-state index contributed by atoms with van der Waals surface area (Å²) in [5.41, 5.74) is 1.94. The Hall–Kier alpha value is -3.52. The molecule has 0 aliphatic carbocycles. The Bertz CT molecular complexity index is 944. The number of pyridine rings is 1. The summed E-state index contributed by atoms with van der Waals surface area (Å²) in [6.07, 6.45) is 3.54. The van der Waals surface area contributed by atoms with Gasteiger partial charge >= 0.3 is 0 Å². The Kier molecular flexibility index (Phi) is 7.68. The Balaban J connectivity index is 1.58. The Labute approximate surface area is 174 Å². The summed E-state index contributed by atoms with van der Waals surface area (Å²) >= 11 is 0. The fourth-order valence-corrected chi connectivity index (χ4v) is 2.82. The Morgan fingerprint density at radius 3 is 2.70 bits per heavy atom. The van der Waals surface area contributed by atoms with Crippen LogP contribution in [0.4, 0.5) is 0 Å².